The Labute approximate surface area is 104 Å². The molecule has 0 bridgehead atoms. The van der Waals surface area contributed by atoms with Crippen LogP contribution in [0, 0.1) is 11.7 Å². The minimum atomic E-state index is -0.614. The molecule has 1 aromatic rings. The second-order valence-corrected chi connectivity index (χ2v) is 4.35. The van der Waals surface area contributed by atoms with Crippen LogP contribution < -0.4 is 0 Å². The van der Waals surface area contributed by atoms with Crippen LogP contribution in [0.25, 0.3) is 0 Å². The molecule has 1 aliphatic heterocycles. The maximum absolute atomic E-state index is 13.5. The van der Waals surface area contributed by atoms with Gasteiger partial charge in [-0.2, -0.15) is 0 Å². The molecular formula is C12H14FN3O2. The number of rotatable bonds is 1. The topological polar surface area (TPSA) is 65.8 Å². The Kier molecular flexibility index (Phi) is 3.55. The van der Waals surface area contributed by atoms with Gasteiger partial charge in [0.05, 0.1) is 17.5 Å². The Morgan fingerprint density at radius 2 is 2.44 bits per heavy atom. The highest BCUT2D eigenvalue weighted by Crippen LogP contribution is 2.17. The van der Waals surface area contributed by atoms with Crippen LogP contribution in [0.2, 0.25) is 0 Å². The van der Waals surface area contributed by atoms with E-state index in [1.165, 1.54) is 12.3 Å². The van der Waals surface area contributed by atoms with Crippen LogP contribution >= 0.6 is 0 Å². The molecule has 0 aromatic carbocycles. The van der Waals surface area contributed by atoms with Gasteiger partial charge in [-0.1, -0.05) is 12.1 Å². The van der Waals surface area contributed by atoms with Crippen molar-refractivity contribution >= 4 is 11.6 Å². The Morgan fingerprint density at radius 3 is 3.06 bits per heavy atom. The van der Waals surface area contributed by atoms with E-state index in [-0.39, 0.29) is 17.4 Å². The summed E-state index contributed by atoms with van der Waals surface area (Å²) in [6, 6.07) is 1.37. The zero-order valence-electron chi connectivity index (χ0n) is 10.0. The summed E-state index contributed by atoms with van der Waals surface area (Å²) in [4.78, 5) is 17.3. The van der Waals surface area contributed by atoms with E-state index in [0.717, 1.165) is 6.20 Å². The van der Waals surface area contributed by atoms with Crippen molar-refractivity contribution in [3.8, 4) is 0 Å². The summed E-state index contributed by atoms with van der Waals surface area (Å²) < 4.78 is 13.5. The lowest BCUT2D eigenvalue weighted by molar-refractivity contribution is 0.0729. The molecule has 2 heterocycles. The Hall–Kier alpha value is -1.98. The number of halogens is 1. The Morgan fingerprint density at radius 1 is 1.67 bits per heavy atom. The molecule has 1 N–H and O–H groups in total. The van der Waals surface area contributed by atoms with Gasteiger partial charge < -0.3 is 10.1 Å². The van der Waals surface area contributed by atoms with Crippen molar-refractivity contribution < 1.29 is 14.4 Å². The number of piperidine rings is 1. The van der Waals surface area contributed by atoms with Crippen LogP contribution in [-0.4, -0.2) is 39.8 Å². The first-order valence-corrected chi connectivity index (χ1v) is 5.73. The zero-order valence-corrected chi connectivity index (χ0v) is 10.0. The second-order valence-electron chi connectivity index (χ2n) is 4.35. The van der Waals surface area contributed by atoms with Gasteiger partial charge in [0.25, 0.3) is 5.91 Å². The van der Waals surface area contributed by atoms with Crippen molar-refractivity contribution in [2.45, 2.75) is 13.3 Å². The first-order valence-electron chi connectivity index (χ1n) is 5.73. The summed E-state index contributed by atoms with van der Waals surface area (Å²) in [5.74, 6) is -0.979. The molecule has 5 nitrogen and oxygen atoms in total. The normalized spacial score (nSPS) is 22.2. The third kappa shape index (κ3) is 2.32. The number of oxime groups is 1. The van der Waals surface area contributed by atoms with Crippen LogP contribution in [-0.2, 0) is 0 Å². The fourth-order valence-electron chi connectivity index (χ4n) is 2.08. The summed E-state index contributed by atoms with van der Waals surface area (Å²) in [5, 5.41) is 12.0. The van der Waals surface area contributed by atoms with Crippen molar-refractivity contribution in [3.63, 3.8) is 0 Å². The number of aromatic nitrogens is 1. The summed E-state index contributed by atoms with van der Waals surface area (Å²) in [5.41, 5.74) is 0.704. The van der Waals surface area contributed by atoms with Gasteiger partial charge in [0.15, 0.2) is 5.82 Å². The number of carbonyl (C=O) groups is 1. The van der Waals surface area contributed by atoms with Gasteiger partial charge in [-0.05, 0) is 6.07 Å². The van der Waals surface area contributed by atoms with Gasteiger partial charge in [-0.25, -0.2) is 4.39 Å². The van der Waals surface area contributed by atoms with Crippen molar-refractivity contribution in [3.05, 3.63) is 29.8 Å². The van der Waals surface area contributed by atoms with Gasteiger partial charge >= 0.3 is 0 Å². The van der Waals surface area contributed by atoms with Crippen LogP contribution in [0.3, 0.4) is 0 Å². The lowest BCUT2D eigenvalue weighted by Gasteiger charge is -2.31. The summed E-state index contributed by atoms with van der Waals surface area (Å²) >= 11 is 0. The highest BCUT2D eigenvalue weighted by Gasteiger charge is 2.27. The molecule has 1 aliphatic rings. The summed E-state index contributed by atoms with van der Waals surface area (Å²) in [7, 11) is 0. The van der Waals surface area contributed by atoms with E-state index in [0.29, 0.717) is 25.2 Å². The molecule has 0 radical (unpaired) electrons. The van der Waals surface area contributed by atoms with Gasteiger partial charge in [-0.15, -0.1) is 0 Å². The first-order chi connectivity index (χ1) is 8.63. The van der Waals surface area contributed by atoms with E-state index in [4.69, 9.17) is 5.21 Å². The summed E-state index contributed by atoms with van der Waals surface area (Å²) in [6.07, 6.45) is 2.93. The fourth-order valence-corrected chi connectivity index (χ4v) is 2.08. The van der Waals surface area contributed by atoms with E-state index in [2.05, 4.69) is 10.1 Å². The zero-order chi connectivity index (χ0) is 13.1. The molecule has 18 heavy (non-hydrogen) atoms. The molecule has 1 aromatic heterocycles. The number of nitrogens with zero attached hydrogens (tertiary/aromatic N) is 3. The Bertz CT molecular complexity index is 490. The monoisotopic (exact) mass is 251 g/mol. The lowest BCUT2D eigenvalue weighted by atomic mass is 9.97. The molecule has 1 fully saturated rings. The minimum Gasteiger partial charge on any atom is -0.411 e. The van der Waals surface area contributed by atoms with Crippen molar-refractivity contribution in [1.29, 1.82) is 0 Å². The third-order valence-electron chi connectivity index (χ3n) is 3.12. The molecule has 0 saturated carbocycles. The number of amides is 1. The Balaban J connectivity index is 2.15. The maximum atomic E-state index is 13.5. The lowest BCUT2D eigenvalue weighted by Crippen LogP contribution is -2.43. The quantitative estimate of drug-likeness (QED) is 0.608. The number of hydrogen-bond acceptors (Lipinski definition) is 4. The molecular weight excluding hydrogens is 237 g/mol. The maximum Gasteiger partial charge on any atom is 0.256 e. The standard InChI is InChI=1S/C12H14FN3O2/c1-8-7-16(5-3-11(8)15-18)12(17)9-2-4-14-6-10(9)13/h2,4,6,8,18H,3,5,7H2,1H3/b15-11+. The van der Waals surface area contributed by atoms with E-state index in [9.17, 15) is 9.18 Å². The van der Waals surface area contributed by atoms with Crippen molar-refractivity contribution in [2.24, 2.45) is 11.1 Å². The van der Waals surface area contributed by atoms with Crippen LogP contribution in [0.4, 0.5) is 4.39 Å². The number of likely N-dealkylation sites (tertiary alicyclic amines) is 1. The molecule has 1 atom stereocenters. The van der Waals surface area contributed by atoms with E-state index in [1.54, 1.807) is 4.90 Å². The van der Waals surface area contributed by atoms with Gasteiger partial charge in [0, 0.05) is 31.6 Å². The fraction of sp³-hybridized carbons (Fsp3) is 0.417. The van der Waals surface area contributed by atoms with Crippen LogP contribution in [0.5, 0.6) is 0 Å². The largest absolute Gasteiger partial charge is 0.411 e. The average molecular weight is 251 g/mol. The van der Waals surface area contributed by atoms with E-state index >= 15 is 0 Å². The molecule has 2 rings (SSSR count). The van der Waals surface area contributed by atoms with Gasteiger partial charge in [0.2, 0.25) is 0 Å². The number of carbonyl (C=O) groups excluding carboxylic acids is 1. The number of pyridine rings is 1. The van der Waals surface area contributed by atoms with Gasteiger partial charge in [0.1, 0.15) is 0 Å². The molecule has 1 amide bonds. The predicted molar refractivity (Wildman–Crippen MR) is 63.1 cm³/mol. The molecule has 1 unspecified atom stereocenters. The van der Waals surface area contributed by atoms with Crippen molar-refractivity contribution in [1.82, 2.24) is 9.88 Å². The molecule has 6 heteroatoms. The van der Waals surface area contributed by atoms with Gasteiger partial charge in [-0.3, -0.25) is 9.78 Å². The minimum absolute atomic E-state index is 0.0161. The molecule has 1 saturated heterocycles. The summed E-state index contributed by atoms with van der Waals surface area (Å²) in [6.45, 7) is 2.74. The van der Waals surface area contributed by atoms with Crippen LogP contribution in [0.1, 0.15) is 23.7 Å². The van der Waals surface area contributed by atoms with E-state index < -0.39 is 5.82 Å². The first kappa shape index (κ1) is 12.5. The number of hydrogen-bond donors (Lipinski definition) is 1. The SMILES string of the molecule is CC1CN(C(=O)c2ccncc2F)CC/C1=N\O. The average Bonchev–Trinajstić information content (AvgIpc) is 2.38. The van der Waals surface area contributed by atoms with E-state index in [1.807, 2.05) is 6.92 Å². The molecule has 96 valence electrons. The smallest absolute Gasteiger partial charge is 0.256 e. The molecule has 0 spiro atoms. The third-order valence-corrected chi connectivity index (χ3v) is 3.12. The molecule has 0 aliphatic carbocycles. The second kappa shape index (κ2) is 5.12. The highest BCUT2D eigenvalue weighted by atomic mass is 19.1. The predicted octanol–water partition coefficient (Wildman–Crippen LogP) is 1.53. The highest BCUT2D eigenvalue weighted by molar-refractivity contribution is 5.96. The van der Waals surface area contributed by atoms with Crippen molar-refractivity contribution in [2.75, 3.05) is 13.1 Å². The van der Waals surface area contributed by atoms with Crippen LogP contribution in [0.15, 0.2) is 23.6 Å².